The maximum Gasteiger partial charge on any atom is 0.265 e. The lowest BCUT2D eigenvalue weighted by atomic mass is 10.1. The predicted octanol–water partition coefficient (Wildman–Crippen LogP) is 3.09. The number of hydrogen-bond donors (Lipinski definition) is 0. The largest absolute Gasteiger partial charge is 0.332 e. The number of halogens is 6. The molecule has 0 bridgehead atoms. The third kappa shape index (κ3) is 1.74. The summed E-state index contributed by atoms with van der Waals surface area (Å²) in [6.07, 6.45) is 0. The minimum absolute atomic E-state index is 0.524. The van der Waals surface area contributed by atoms with Crippen molar-refractivity contribution in [3.05, 3.63) is 34.4 Å². The van der Waals surface area contributed by atoms with Gasteiger partial charge in [-0.1, -0.05) is 0 Å². The fraction of sp³-hybridized carbons (Fsp3) is 0. The molecule has 1 heterocycles. The zero-order chi connectivity index (χ0) is 12.7. The van der Waals surface area contributed by atoms with Gasteiger partial charge in [0.25, 0.3) is 11.2 Å². The molecule has 1 aromatic heterocycles. The Morgan fingerprint density at radius 3 is 1.71 bits per heavy atom. The van der Waals surface area contributed by atoms with Crippen LogP contribution in [0.3, 0.4) is 0 Å². The van der Waals surface area contributed by atoms with Crippen LogP contribution in [0, 0.1) is 29.1 Å². The van der Waals surface area contributed by atoms with Crippen molar-refractivity contribution in [1.29, 1.82) is 0 Å². The van der Waals surface area contributed by atoms with Gasteiger partial charge in [0.05, 0.1) is 0 Å². The van der Waals surface area contributed by atoms with Crippen molar-refractivity contribution >= 4 is 11.6 Å². The van der Waals surface area contributed by atoms with Gasteiger partial charge in [-0.15, -0.1) is 0 Å². The molecule has 0 atom stereocenters. The van der Waals surface area contributed by atoms with Crippen LogP contribution >= 0.6 is 11.6 Å². The molecule has 0 saturated heterocycles. The normalized spacial score (nSPS) is 10.9. The van der Waals surface area contributed by atoms with Gasteiger partial charge in [0.1, 0.15) is 5.56 Å². The highest BCUT2D eigenvalue weighted by Gasteiger charge is 2.29. The minimum atomic E-state index is -2.27. The van der Waals surface area contributed by atoms with Crippen LogP contribution in [0.4, 0.5) is 22.0 Å². The van der Waals surface area contributed by atoms with E-state index in [9.17, 15) is 22.0 Å². The second-order valence-electron chi connectivity index (χ2n) is 2.81. The van der Waals surface area contributed by atoms with E-state index in [0.717, 1.165) is 0 Å². The molecule has 1 aromatic carbocycles. The Hall–Kier alpha value is -1.70. The molecule has 0 amide bonds. The van der Waals surface area contributed by atoms with Gasteiger partial charge in [-0.25, -0.2) is 22.0 Å². The molecule has 0 N–H and O–H groups in total. The van der Waals surface area contributed by atoms with Crippen LogP contribution in [0.25, 0.3) is 11.5 Å². The standard InChI is InChI=1S/C8ClF5N2O/c9-8-15-7(17-16-8)1-2(10)4(12)6(14)5(13)3(1)11. The SMILES string of the molecule is Fc1c(F)c(F)c(-c2nc(Cl)no2)c(F)c1F. The Kier molecular flexibility index (Phi) is 2.74. The maximum atomic E-state index is 13.2. The molecule has 0 aliphatic carbocycles. The second kappa shape index (κ2) is 3.95. The van der Waals surface area contributed by atoms with Gasteiger partial charge >= 0.3 is 0 Å². The maximum absolute atomic E-state index is 13.2. The number of hydrogen-bond acceptors (Lipinski definition) is 3. The predicted molar refractivity (Wildman–Crippen MR) is 44.5 cm³/mol. The molecule has 90 valence electrons. The van der Waals surface area contributed by atoms with E-state index >= 15 is 0 Å². The van der Waals surface area contributed by atoms with Crippen LogP contribution in [0.5, 0.6) is 0 Å². The first-order chi connectivity index (χ1) is 7.93. The summed E-state index contributed by atoms with van der Waals surface area (Å²) in [6.45, 7) is 0. The van der Waals surface area contributed by atoms with Gasteiger partial charge in [-0.2, -0.15) is 4.98 Å². The van der Waals surface area contributed by atoms with E-state index in [1.807, 2.05) is 0 Å². The Morgan fingerprint density at radius 1 is 0.824 bits per heavy atom. The molecule has 3 nitrogen and oxygen atoms in total. The Morgan fingerprint density at radius 2 is 1.29 bits per heavy atom. The fourth-order valence-electron chi connectivity index (χ4n) is 1.10. The summed E-state index contributed by atoms with van der Waals surface area (Å²) in [4.78, 5) is 3.17. The smallest absolute Gasteiger partial charge is 0.265 e. The molecular weight excluding hydrogens is 271 g/mol. The highest BCUT2D eigenvalue weighted by Crippen LogP contribution is 2.30. The van der Waals surface area contributed by atoms with E-state index in [2.05, 4.69) is 14.7 Å². The molecule has 0 saturated carbocycles. The van der Waals surface area contributed by atoms with Crippen LogP contribution in [0.15, 0.2) is 4.52 Å². The second-order valence-corrected chi connectivity index (χ2v) is 3.15. The molecule has 0 radical (unpaired) electrons. The van der Waals surface area contributed by atoms with Crippen molar-refractivity contribution in [2.75, 3.05) is 0 Å². The summed E-state index contributed by atoms with van der Waals surface area (Å²) >= 11 is 5.20. The topological polar surface area (TPSA) is 38.9 Å². The lowest BCUT2D eigenvalue weighted by Gasteiger charge is -2.03. The van der Waals surface area contributed by atoms with E-state index in [0.29, 0.717) is 0 Å². The minimum Gasteiger partial charge on any atom is -0.332 e. The van der Waals surface area contributed by atoms with Gasteiger partial charge in [0.2, 0.25) is 5.82 Å². The monoisotopic (exact) mass is 270 g/mol. The van der Waals surface area contributed by atoms with Crippen molar-refractivity contribution in [3.8, 4) is 11.5 Å². The fourth-order valence-corrected chi connectivity index (χ4v) is 1.21. The van der Waals surface area contributed by atoms with E-state index in [-0.39, 0.29) is 0 Å². The van der Waals surface area contributed by atoms with Gasteiger partial charge in [-0.3, -0.25) is 0 Å². The first-order valence-corrected chi connectivity index (χ1v) is 4.32. The molecule has 0 spiro atoms. The van der Waals surface area contributed by atoms with Crippen molar-refractivity contribution in [2.45, 2.75) is 0 Å². The van der Waals surface area contributed by atoms with Crippen LogP contribution in [0.2, 0.25) is 5.28 Å². The van der Waals surface area contributed by atoms with E-state index in [1.165, 1.54) is 0 Å². The molecule has 0 aliphatic rings. The highest BCUT2D eigenvalue weighted by atomic mass is 35.5. The Bertz CT molecular complexity index is 571. The summed E-state index contributed by atoms with van der Waals surface area (Å²) in [5, 5.41) is 2.44. The third-order valence-corrected chi connectivity index (χ3v) is 1.98. The van der Waals surface area contributed by atoms with Crippen LogP contribution in [0.1, 0.15) is 0 Å². The summed E-state index contributed by atoms with van der Waals surface area (Å²) in [7, 11) is 0. The number of rotatable bonds is 1. The third-order valence-electron chi connectivity index (χ3n) is 1.82. The zero-order valence-corrected chi connectivity index (χ0v) is 8.33. The van der Waals surface area contributed by atoms with Crippen molar-refractivity contribution < 1.29 is 26.5 Å². The molecule has 0 fully saturated rings. The van der Waals surface area contributed by atoms with Gasteiger partial charge in [-0.05, 0) is 16.8 Å². The van der Waals surface area contributed by atoms with Gasteiger partial charge in [0, 0.05) is 0 Å². The van der Waals surface area contributed by atoms with Crippen LogP contribution < -0.4 is 0 Å². The molecule has 0 aliphatic heterocycles. The van der Waals surface area contributed by atoms with Crippen LogP contribution in [-0.2, 0) is 0 Å². The molecule has 9 heteroatoms. The average molecular weight is 271 g/mol. The lowest BCUT2D eigenvalue weighted by Crippen LogP contribution is -2.04. The summed E-state index contributed by atoms with van der Waals surface area (Å²) in [5.41, 5.74) is -1.32. The van der Waals surface area contributed by atoms with Crippen molar-refractivity contribution in [3.63, 3.8) is 0 Å². The molecule has 0 unspecified atom stereocenters. The van der Waals surface area contributed by atoms with Crippen molar-refractivity contribution in [2.24, 2.45) is 0 Å². The zero-order valence-electron chi connectivity index (χ0n) is 7.57. The van der Waals surface area contributed by atoms with E-state index < -0.39 is 45.8 Å². The first-order valence-electron chi connectivity index (χ1n) is 3.94. The average Bonchev–Trinajstić information content (AvgIpc) is 2.71. The molecule has 2 rings (SSSR count). The van der Waals surface area contributed by atoms with Crippen molar-refractivity contribution in [1.82, 2.24) is 10.1 Å². The summed E-state index contributed by atoms with van der Waals surface area (Å²) < 4.78 is 69.0. The van der Waals surface area contributed by atoms with Gasteiger partial charge < -0.3 is 4.52 Å². The van der Waals surface area contributed by atoms with Gasteiger partial charge in [0.15, 0.2) is 23.3 Å². The highest BCUT2D eigenvalue weighted by molar-refractivity contribution is 6.28. The number of aromatic nitrogens is 2. The van der Waals surface area contributed by atoms with E-state index in [4.69, 9.17) is 11.6 Å². The first kappa shape index (κ1) is 11.8. The molecular formula is C8ClF5N2O. The summed E-state index contributed by atoms with van der Waals surface area (Å²) in [5.74, 6) is -11.5. The van der Waals surface area contributed by atoms with E-state index in [1.54, 1.807) is 0 Å². The quantitative estimate of drug-likeness (QED) is 0.454. The number of nitrogens with zero attached hydrogens (tertiary/aromatic N) is 2. The van der Waals surface area contributed by atoms with Crippen LogP contribution in [-0.4, -0.2) is 10.1 Å². The summed E-state index contributed by atoms with van der Waals surface area (Å²) in [6, 6.07) is 0. The number of benzene rings is 1. The lowest BCUT2D eigenvalue weighted by molar-refractivity contribution is 0.372. The Balaban J connectivity index is 2.78. The Labute approximate surface area is 94.8 Å². The molecule has 2 aromatic rings. The molecule has 17 heavy (non-hydrogen) atoms.